The molecule has 2 aromatic carbocycles. The molecular formula is C32H50NO3+. The van der Waals surface area contributed by atoms with Gasteiger partial charge in [-0.3, -0.25) is 0 Å². The number of para-hydroxylation sites is 1. The molecule has 36 heavy (non-hydrogen) atoms. The molecule has 0 saturated heterocycles. The summed E-state index contributed by atoms with van der Waals surface area (Å²) in [6.07, 6.45) is 14.5. The fraction of sp³-hybridized carbons (Fsp3) is 0.594. The van der Waals surface area contributed by atoms with E-state index in [4.69, 9.17) is 9.47 Å². The van der Waals surface area contributed by atoms with E-state index in [0.717, 1.165) is 18.7 Å². The van der Waals surface area contributed by atoms with Gasteiger partial charge in [-0.1, -0.05) is 113 Å². The Labute approximate surface area is 220 Å². The van der Waals surface area contributed by atoms with Gasteiger partial charge in [0.15, 0.2) is 6.04 Å². The van der Waals surface area contributed by atoms with Crippen molar-refractivity contribution in [1.29, 1.82) is 0 Å². The molecule has 0 aliphatic rings. The van der Waals surface area contributed by atoms with Gasteiger partial charge < -0.3 is 14.0 Å². The summed E-state index contributed by atoms with van der Waals surface area (Å²) < 4.78 is 12.1. The van der Waals surface area contributed by atoms with Crippen molar-refractivity contribution in [3.8, 4) is 5.75 Å². The first-order valence-corrected chi connectivity index (χ1v) is 14.2. The number of hydrogen-bond donors (Lipinski definition) is 0. The Morgan fingerprint density at radius 3 is 2.03 bits per heavy atom. The van der Waals surface area contributed by atoms with Gasteiger partial charge in [0.25, 0.3) is 0 Å². The molecule has 1 atom stereocenters. The number of quaternary nitrogens is 1. The van der Waals surface area contributed by atoms with Crippen LogP contribution in [0.1, 0.15) is 89.2 Å². The molecule has 4 nitrogen and oxygen atoms in total. The number of hydrogen-bond acceptors (Lipinski definition) is 3. The SMILES string of the molecule is CCCCCCCCCCCCc1ccccc1OCCOC(=O)C(C)[N+](C)(C)Cc1ccccc1. The molecule has 2 aromatic rings. The first-order chi connectivity index (χ1) is 17.4. The van der Waals surface area contributed by atoms with Gasteiger partial charge in [-0.2, -0.15) is 0 Å². The monoisotopic (exact) mass is 496 g/mol. The lowest BCUT2D eigenvalue weighted by Gasteiger charge is -2.34. The number of unbranched alkanes of at least 4 members (excludes halogenated alkanes) is 9. The normalized spacial score (nSPS) is 12.3. The van der Waals surface area contributed by atoms with E-state index in [2.05, 4.69) is 45.3 Å². The number of aryl methyl sites for hydroxylation is 1. The highest BCUT2D eigenvalue weighted by Crippen LogP contribution is 2.21. The van der Waals surface area contributed by atoms with Crippen molar-refractivity contribution in [2.24, 2.45) is 0 Å². The first-order valence-electron chi connectivity index (χ1n) is 14.2. The number of nitrogens with zero attached hydrogens (tertiary/aromatic N) is 1. The molecule has 0 radical (unpaired) electrons. The van der Waals surface area contributed by atoms with Crippen molar-refractivity contribution in [1.82, 2.24) is 0 Å². The first kappa shape index (κ1) is 29.9. The van der Waals surface area contributed by atoms with E-state index in [9.17, 15) is 4.79 Å². The quantitative estimate of drug-likeness (QED) is 0.113. The van der Waals surface area contributed by atoms with Crippen LogP contribution in [0.3, 0.4) is 0 Å². The van der Waals surface area contributed by atoms with Crippen molar-refractivity contribution in [2.75, 3.05) is 27.3 Å². The van der Waals surface area contributed by atoms with Crippen LogP contribution in [0.15, 0.2) is 54.6 Å². The van der Waals surface area contributed by atoms with Crippen LogP contribution < -0.4 is 4.74 Å². The molecule has 1 unspecified atom stereocenters. The zero-order chi connectivity index (χ0) is 26.1. The van der Waals surface area contributed by atoms with Crippen molar-refractivity contribution < 1.29 is 18.8 Å². The van der Waals surface area contributed by atoms with Crippen LogP contribution in [-0.4, -0.2) is 43.8 Å². The number of likely N-dealkylation sites (N-methyl/N-ethyl adjacent to an activating group) is 1. The molecule has 200 valence electrons. The maximum Gasteiger partial charge on any atom is 0.364 e. The van der Waals surface area contributed by atoms with E-state index in [1.54, 1.807) is 0 Å². The second kappa shape index (κ2) is 17.2. The highest BCUT2D eigenvalue weighted by Gasteiger charge is 2.32. The van der Waals surface area contributed by atoms with Crippen molar-refractivity contribution >= 4 is 5.97 Å². The van der Waals surface area contributed by atoms with E-state index in [-0.39, 0.29) is 18.6 Å². The summed E-state index contributed by atoms with van der Waals surface area (Å²) in [5.74, 6) is 0.732. The van der Waals surface area contributed by atoms with Crippen molar-refractivity contribution in [3.63, 3.8) is 0 Å². The Morgan fingerprint density at radius 2 is 1.36 bits per heavy atom. The summed E-state index contributed by atoms with van der Waals surface area (Å²) in [5, 5.41) is 0. The molecule has 0 fully saturated rings. The molecular weight excluding hydrogens is 446 g/mol. The third-order valence-corrected chi connectivity index (χ3v) is 7.18. The zero-order valence-corrected chi connectivity index (χ0v) is 23.3. The van der Waals surface area contributed by atoms with Crippen LogP contribution in [0.2, 0.25) is 0 Å². The molecule has 0 bridgehead atoms. The summed E-state index contributed by atoms with van der Waals surface area (Å²) in [6, 6.07) is 18.3. The number of esters is 1. The fourth-order valence-electron chi connectivity index (χ4n) is 4.54. The van der Waals surface area contributed by atoms with Crippen LogP contribution in [-0.2, 0) is 22.5 Å². The van der Waals surface area contributed by atoms with Crippen molar-refractivity contribution in [3.05, 3.63) is 65.7 Å². The molecule has 0 aliphatic carbocycles. The standard InChI is InChI=1S/C32H50NO3/c1-5-6-7-8-9-10-11-12-13-17-22-30-23-18-19-24-31(30)35-25-26-36-32(34)28(2)33(3,4)27-29-20-15-14-16-21-29/h14-16,18-21,23-24,28H,5-13,17,22,25-27H2,1-4H3/q+1. The topological polar surface area (TPSA) is 35.5 Å². The van der Waals surface area contributed by atoms with E-state index in [1.165, 1.54) is 75.3 Å². The number of rotatable bonds is 19. The summed E-state index contributed by atoms with van der Waals surface area (Å²) in [7, 11) is 4.14. The van der Waals surface area contributed by atoms with Gasteiger partial charge >= 0.3 is 5.97 Å². The highest BCUT2D eigenvalue weighted by molar-refractivity contribution is 5.74. The number of carbonyl (C=O) groups excluding carboxylic acids is 1. The Balaban J connectivity index is 1.64. The van der Waals surface area contributed by atoms with Gasteiger partial charge in [0, 0.05) is 5.56 Å². The third-order valence-electron chi connectivity index (χ3n) is 7.18. The molecule has 0 saturated carbocycles. The Kier molecular flexibility index (Phi) is 14.3. The summed E-state index contributed by atoms with van der Waals surface area (Å²) in [4.78, 5) is 12.7. The predicted octanol–water partition coefficient (Wildman–Crippen LogP) is 7.74. The lowest BCUT2D eigenvalue weighted by molar-refractivity contribution is -0.917. The molecule has 0 heterocycles. The average Bonchev–Trinajstić information content (AvgIpc) is 2.88. The van der Waals surface area contributed by atoms with Gasteiger partial charge in [-0.15, -0.1) is 0 Å². The Hall–Kier alpha value is -2.33. The second-order valence-electron chi connectivity index (χ2n) is 10.7. The number of ether oxygens (including phenoxy) is 2. The molecule has 0 aliphatic heterocycles. The minimum atomic E-state index is -0.256. The molecule has 0 N–H and O–H groups in total. The Morgan fingerprint density at radius 1 is 0.778 bits per heavy atom. The van der Waals surface area contributed by atoms with Gasteiger partial charge in [0.05, 0.1) is 14.1 Å². The fourth-order valence-corrected chi connectivity index (χ4v) is 4.54. The largest absolute Gasteiger partial charge is 0.490 e. The van der Waals surface area contributed by atoms with E-state index in [1.807, 2.05) is 37.3 Å². The lowest BCUT2D eigenvalue weighted by atomic mass is 10.0. The summed E-state index contributed by atoms with van der Waals surface area (Å²) in [6.45, 7) is 5.63. The number of benzene rings is 2. The Bertz CT molecular complexity index is 849. The van der Waals surface area contributed by atoms with Gasteiger partial charge in [0.2, 0.25) is 0 Å². The molecule has 4 heteroatoms. The van der Waals surface area contributed by atoms with Gasteiger partial charge in [-0.05, 0) is 31.4 Å². The summed E-state index contributed by atoms with van der Waals surface area (Å²) in [5.41, 5.74) is 2.46. The van der Waals surface area contributed by atoms with Crippen LogP contribution in [0.5, 0.6) is 5.75 Å². The van der Waals surface area contributed by atoms with E-state index < -0.39 is 0 Å². The van der Waals surface area contributed by atoms with Crippen LogP contribution >= 0.6 is 0 Å². The number of carbonyl (C=O) groups is 1. The predicted molar refractivity (Wildman–Crippen MR) is 150 cm³/mol. The second-order valence-corrected chi connectivity index (χ2v) is 10.7. The van der Waals surface area contributed by atoms with E-state index in [0.29, 0.717) is 11.1 Å². The van der Waals surface area contributed by atoms with Gasteiger partial charge in [0.1, 0.15) is 25.5 Å². The molecule has 0 spiro atoms. The van der Waals surface area contributed by atoms with Crippen molar-refractivity contribution in [2.45, 2.75) is 97.1 Å². The van der Waals surface area contributed by atoms with Crippen LogP contribution in [0.25, 0.3) is 0 Å². The minimum absolute atomic E-state index is 0.182. The maximum absolute atomic E-state index is 12.7. The maximum atomic E-state index is 12.7. The highest BCUT2D eigenvalue weighted by atomic mass is 16.6. The average molecular weight is 497 g/mol. The third kappa shape index (κ3) is 11.6. The van der Waals surface area contributed by atoms with Crippen LogP contribution in [0, 0.1) is 0 Å². The van der Waals surface area contributed by atoms with Gasteiger partial charge in [-0.25, -0.2) is 4.79 Å². The molecule has 0 aromatic heterocycles. The molecule has 2 rings (SSSR count). The summed E-state index contributed by atoms with van der Waals surface area (Å²) >= 11 is 0. The van der Waals surface area contributed by atoms with E-state index >= 15 is 0 Å². The van der Waals surface area contributed by atoms with Crippen LogP contribution in [0.4, 0.5) is 0 Å². The molecule has 0 amide bonds. The minimum Gasteiger partial charge on any atom is -0.490 e. The smallest absolute Gasteiger partial charge is 0.364 e. The zero-order valence-electron chi connectivity index (χ0n) is 23.3. The lowest BCUT2D eigenvalue weighted by Crippen LogP contribution is -2.51.